The summed E-state index contributed by atoms with van der Waals surface area (Å²) in [5, 5.41) is 6.70. The van der Waals surface area contributed by atoms with Crippen LogP contribution in [0.3, 0.4) is 0 Å². The van der Waals surface area contributed by atoms with Crippen molar-refractivity contribution in [3.8, 4) is 5.69 Å². The standard InChI is InChI=1S/C20H23BrN4O2/c1-13-10-15(14(2)25(13)18-9-5-6-16(21)11-18)12-22-24-20(27)19(26)23-17-7-3-4-8-17/h5-6,9-12,17H,3-4,7-8H2,1-2H3,(H,23,26)(H,24,27)/b22-12-. The highest BCUT2D eigenvalue weighted by atomic mass is 79.9. The van der Waals surface area contributed by atoms with Gasteiger partial charge >= 0.3 is 11.8 Å². The number of benzene rings is 1. The lowest BCUT2D eigenvalue weighted by Gasteiger charge is -2.10. The van der Waals surface area contributed by atoms with E-state index < -0.39 is 11.8 Å². The molecule has 1 aliphatic rings. The maximum atomic E-state index is 11.9. The summed E-state index contributed by atoms with van der Waals surface area (Å²) in [6.07, 6.45) is 5.63. The SMILES string of the molecule is Cc1cc(/C=N\NC(=O)C(=O)NC2CCCC2)c(C)n1-c1cccc(Br)c1. The van der Waals surface area contributed by atoms with Gasteiger partial charge < -0.3 is 9.88 Å². The van der Waals surface area contributed by atoms with E-state index in [1.54, 1.807) is 6.21 Å². The van der Waals surface area contributed by atoms with Gasteiger partial charge in [0.2, 0.25) is 0 Å². The Balaban J connectivity index is 1.66. The summed E-state index contributed by atoms with van der Waals surface area (Å²) in [4.78, 5) is 23.8. The minimum absolute atomic E-state index is 0.108. The molecule has 27 heavy (non-hydrogen) atoms. The molecule has 2 N–H and O–H groups in total. The van der Waals surface area contributed by atoms with Gasteiger partial charge in [0.25, 0.3) is 0 Å². The van der Waals surface area contributed by atoms with Crippen molar-refractivity contribution in [1.29, 1.82) is 0 Å². The topological polar surface area (TPSA) is 75.5 Å². The van der Waals surface area contributed by atoms with Crippen LogP contribution in [0.1, 0.15) is 42.6 Å². The molecular formula is C20H23BrN4O2. The first-order chi connectivity index (χ1) is 13.0. The Morgan fingerprint density at radius 1 is 1.19 bits per heavy atom. The second-order valence-corrected chi connectivity index (χ2v) is 7.71. The van der Waals surface area contributed by atoms with Gasteiger partial charge in [-0.3, -0.25) is 9.59 Å². The molecule has 1 saturated carbocycles. The number of hydrogen-bond acceptors (Lipinski definition) is 3. The summed E-state index contributed by atoms with van der Waals surface area (Å²) >= 11 is 3.49. The van der Waals surface area contributed by atoms with Crippen molar-refractivity contribution in [1.82, 2.24) is 15.3 Å². The fraction of sp³-hybridized carbons (Fsp3) is 0.350. The largest absolute Gasteiger partial charge is 0.345 e. The van der Waals surface area contributed by atoms with Crippen LogP contribution in [-0.2, 0) is 9.59 Å². The highest BCUT2D eigenvalue weighted by Crippen LogP contribution is 2.22. The average Bonchev–Trinajstić information content (AvgIpc) is 3.23. The van der Waals surface area contributed by atoms with E-state index in [1.807, 2.05) is 44.2 Å². The van der Waals surface area contributed by atoms with E-state index in [4.69, 9.17) is 0 Å². The van der Waals surface area contributed by atoms with Gasteiger partial charge in [0.1, 0.15) is 0 Å². The fourth-order valence-corrected chi connectivity index (χ4v) is 3.85. The van der Waals surface area contributed by atoms with Crippen LogP contribution in [0.15, 0.2) is 39.9 Å². The quantitative estimate of drug-likeness (QED) is 0.443. The fourth-order valence-electron chi connectivity index (χ4n) is 3.46. The van der Waals surface area contributed by atoms with Crippen LogP contribution in [0.2, 0.25) is 0 Å². The molecule has 1 aromatic heterocycles. The molecule has 6 nitrogen and oxygen atoms in total. The van der Waals surface area contributed by atoms with Crippen molar-refractivity contribution in [2.45, 2.75) is 45.6 Å². The van der Waals surface area contributed by atoms with Crippen LogP contribution in [0.4, 0.5) is 0 Å². The Hall–Kier alpha value is -2.41. The van der Waals surface area contributed by atoms with Gasteiger partial charge in [-0.25, -0.2) is 5.43 Å². The number of nitrogens with one attached hydrogen (secondary N) is 2. The normalized spacial score (nSPS) is 14.6. The molecule has 0 spiro atoms. The first-order valence-corrected chi connectivity index (χ1v) is 9.84. The van der Waals surface area contributed by atoms with Crippen LogP contribution in [-0.4, -0.2) is 28.6 Å². The molecule has 0 aliphatic heterocycles. The highest BCUT2D eigenvalue weighted by Gasteiger charge is 2.21. The smallest absolute Gasteiger partial charge is 0.329 e. The Labute approximate surface area is 167 Å². The van der Waals surface area contributed by atoms with Crippen LogP contribution in [0.25, 0.3) is 5.69 Å². The molecule has 1 fully saturated rings. The van der Waals surface area contributed by atoms with E-state index in [-0.39, 0.29) is 6.04 Å². The second-order valence-electron chi connectivity index (χ2n) is 6.80. The molecule has 7 heteroatoms. The van der Waals surface area contributed by atoms with E-state index in [9.17, 15) is 9.59 Å². The minimum Gasteiger partial charge on any atom is -0.345 e. The number of aromatic nitrogens is 1. The van der Waals surface area contributed by atoms with Crippen molar-refractivity contribution >= 4 is 34.0 Å². The number of aryl methyl sites for hydroxylation is 1. The number of carbonyl (C=O) groups excluding carboxylic acids is 2. The van der Waals surface area contributed by atoms with Gasteiger partial charge in [0, 0.05) is 33.2 Å². The molecule has 0 radical (unpaired) electrons. The molecule has 1 aliphatic carbocycles. The Morgan fingerprint density at radius 3 is 2.63 bits per heavy atom. The summed E-state index contributed by atoms with van der Waals surface area (Å²) < 4.78 is 3.11. The number of amides is 2. The predicted molar refractivity (Wildman–Crippen MR) is 109 cm³/mol. The molecule has 1 aromatic carbocycles. The van der Waals surface area contributed by atoms with E-state index in [0.29, 0.717) is 0 Å². The lowest BCUT2D eigenvalue weighted by Crippen LogP contribution is -2.42. The third kappa shape index (κ3) is 4.66. The summed E-state index contributed by atoms with van der Waals surface area (Å²) in [5.74, 6) is -1.36. The van der Waals surface area contributed by atoms with E-state index in [0.717, 1.165) is 52.8 Å². The molecule has 142 valence electrons. The molecular weight excluding hydrogens is 408 g/mol. The van der Waals surface area contributed by atoms with Crippen LogP contribution >= 0.6 is 15.9 Å². The van der Waals surface area contributed by atoms with Gasteiger partial charge in [-0.2, -0.15) is 5.10 Å². The zero-order chi connectivity index (χ0) is 19.4. The molecule has 0 atom stereocenters. The van der Waals surface area contributed by atoms with Crippen LogP contribution in [0.5, 0.6) is 0 Å². The summed E-state index contributed by atoms with van der Waals surface area (Å²) in [6, 6.07) is 10.1. The molecule has 0 saturated heterocycles. The number of halogens is 1. The second kappa shape index (κ2) is 8.52. The molecule has 2 amide bonds. The van der Waals surface area contributed by atoms with Gasteiger partial charge in [0.05, 0.1) is 6.21 Å². The monoisotopic (exact) mass is 430 g/mol. The molecule has 0 unspecified atom stereocenters. The predicted octanol–water partition coefficient (Wildman–Crippen LogP) is 3.37. The van der Waals surface area contributed by atoms with Gasteiger partial charge in [-0.15, -0.1) is 0 Å². The summed E-state index contributed by atoms with van der Waals surface area (Å²) in [5.41, 5.74) is 6.28. The van der Waals surface area contributed by atoms with Crippen molar-refractivity contribution < 1.29 is 9.59 Å². The van der Waals surface area contributed by atoms with Crippen molar-refractivity contribution in [2.75, 3.05) is 0 Å². The third-order valence-corrected chi connectivity index (χ3v) is 5.30. The van der Waals surface area contributed by atoms with Gasteiger partial charge in [-0.05, 0) is 51.0 Å². The van der Waals surface area contributed by atoms with E-state index >= 15 is 0 Å². The highest BCUT2D eigenvalue weighted by molar-refractivity contribution is 9.10. The minimum atomic E-state index is -0.737. The van der Waals surface area contributed by atoms with Gasteiger partial charge in [-0.1, -0.05) is 34.8 Å². The maximum Gasteiger partial charge on any atom is 0.329 e. The average molecular weight is 431 g/mol. The number of rotatable bonds is 4. The summed E-state index contributed by atoms with van der Waals surface area (Å²) in [7, 11) is 0. The Bertz CT molecular complexity index is 882. The Kier molecular flexibility index (Phi) is 6.11. The van der Waals surface area contributed by atoms with Crippen LogP contribution < -0.4 is 10.7 Å². The summed E-state index contributed by atoms with van der Waals surface area (Å²) in [6.45, 7) is 4.00. The van der Waals surface area contributed by atoms with E-state index in [2.05, 4.69) is 36.3 Å². The molecule has 2 aromatic rings. The van der Waals surface area contributed by atoms with Crippen molar-refractivity contribution in [3.05, 3.63) is 51.8 Å². The number of nitrogens with zero attached hydrogens (tertiary/aromatic N) is 2. The van der Waals surface area contributed by atoms with Crippen LogP contribution in [0, 0.1) is 13.8 Å². The Morgan fingerprint density at radius 2 is 1.93 bits per heavy atom. The molecule has 0 bridgehead atoms. The van der Waals surface area contributed by atoms with E-state index in [1.165, 1.54) is 0 Å². The lowest BCUT2D eigenvalue weighted by molar-refractivity contribution is -0.139. The number of carbonyl (C=O) groups is 2. The molecule has 1 heterocycles. The third-order valence-electron chi connectivity index (χ3n) is 4.80. The zero-order valence-corrected chi connectivity index (χ0v) is 17.0. The maximum absolute atomic E-state index is 11.9. The van der Waals surface area contributed by atoms with Crippen molar-refractivity contribution in [2.24, 2.45) is 5.10 Å². The number of hydrogen-bond donors (Lipinski definition) is 2. The van der Waals surface area contributed by atoms with Crippen molar-refractivity contribution in [3.63, 3.8) is 0 Å². The molecule has 3 rings (SSSR count). The lowest BCUT2D eigenvalue weighted by atomic mass is 10.2. The number of hydrazone groups is 1. The van der Waals surface area contributed by atoms with Gasteiger partial charge in [0.15, 0.2) is 0 Å². The first kappa shape index (κ1) is 19.4. The zero-order valence-electron chi connectivity index (χ0n) is 15.5. The first-order valence-electron chi connectivity index (χ1n) is 9.04.